The number of carbonyl (C=O) groups excluding carboxylic acids is 1. The number of aryl methyl sites for hydroxylation is 1. The zero-order valence-corrected chi connectivity index (χ0v) is 11.3. The van der Waals surface area contributed by atoms with Crippen LogP contribution in [0.4, 0.5) is 0 Å². The Kier molecular flexibility index (Phi) is 4.12. The van der Waals surface area contributed by atoms with E-state index in [0.717, 1.165) is 23.0 Å². The third-order valence-corrected chi connectivity index (χ3v) is 3.14. The van der Waals surface area contributed by atoms with Gasteiger partial charge in [-0.2, -0.15) is 0 Å². The summed E-state index contributed by atoms with van der Waals surface area (Å²) < 4.78 is 0. The smallest absolute Gasteiger partial charge is 0.252 e. The average molecular weight is 257 g/mol. The normalized spacial score (nSPS) is 12.4. The lowest BCUT2D eigenvalue weighted by atomic mass is 10.1. The third kappa shape index (κ3) is 3.09. The third-order valence-electron chi connectivity index (χ3n) is 3.14. The quantitative estimate of drug-likeness (QED) is 0.880. The molecule has 3 N–H and O–H groups in total. The monoisotopic (exact) mass is 257 g/mol. The number of amides is 1. The van der Waals surface area contributed by atoms with Crippen LogP contribution < -0.4 is 11.1 Å². The van der Waals surface area contributed by atoms with Crippen LogP contribution in [0.2, 0.25) is 0 Å². The van der Waals surface area contributed by atoms with Crippen molar-refractivity contribution in [1.82, 2.24) is 10.3 Å². The summed E-state index contributed by atoms with van der Waals surface area (Å²) in [6.45, 7) is 4.38. The van der Waals surface area contributed by atoms with Crippen molar-refractivity contribution in [2.75, 3.05) is 6.54 Å². The van der Waals surface area contributed by atoms with Gasteiger partial charge in [0.1, 0.15) is 0 Å². The first-order valence-electron chi connectivity index (χ1n) is 6.52. The van der Waals surface area contributed by atoms with Crippen molar-refractivity contribution in [3.8, 4) is 0 Å². The van der Waals surface area contributed by atoms with Crippen molar-refractivity contribution in [2.24, 2.45) is 5.73 Å². The number of hydrogen-bond acceptors (Lipinski definition) is 3. The van der Waals surface area contributed by atoms with Crippen LogP contribution in [0.25, 0.3) is 10.9 Å². The maximum absolute atomic E-state index is 12.2. The molecule has 1 heterocycles. The molecule has 2 aromatic rings. The summed E-state index contributed by atoms with van der Waals surface area (Å²) in [4.78, 5) is 16.7. The minimum absolute atomic E-state index is 0.00171. The Morgan fingerprint density at radius 1 is 1.42 bits per heavy atom. The number of hydrogen-bond donors (Lipinski definition) is 2. The molecule has 2 rings (SSSR count). The first kappa shape index (κ1) is 13.5. The maximum Gasteiger partial charge on any atom is 0.252 e. The highest BCUT2D eigenvalue weighted by Crippen LogP contribution is 2.17. The summed E-state index contributed by atoms with van der Waals surface area (Å²) in [6.07, 6.45) is 0.844. The van der Waals surface area contributed by atoms with Gasteiger partial charge in [-0.05, 0) is 25.5 Å². The topological polar surface area (TPSA) is 68.0 Å². The molecule has 0 bridgehead atoms. The largest absolute Gasteiger partial charge is 0.350 e. The van der Waals surface area contributed by atoms with Gasteiger partial charge in [-0.15, -0.1) is 0 Å². The van der Waals surface area contributed by atoms with Crippen LogP contribution in [0, 0.1) is 6.92 Å². The molecule has 1 unspecified atom stereocenters. The first-order valence-corrected chi connectivity index (χ1v) is 6.52. The molecular formula is C15H19N3O. The van der Waals surface area contributed by atoms with E-state index in [1.165, 1.54) is 0 Å². The molecule has 4 heteroatoms. The van der Waals surface area contributed by atoms with E-state index >= 15 is 0 Å². The number of para-hydroxylation sites is 1. The van der Waals surface area contributed by atoms with Crippen LogP contribution in [0.3, 0.4) is 0 Å². The molecule has 4 nitrogen and oxygen atoms in total. The fourth-order valence-electron chi connectivity index (χ4n) is 1.96. The molecule has 1 amide bonds. The van der Waals surface area contributed by atoms with Gasteiger partial charge in [-0.1, -0.05) is 25.1 Å². The molecule has 0 aliphatic carbocycles. The van der Waals surface area contributed by atoms with Crippen LogP contribution >= 0.6 is 0 Å². The van der Waals surface area contributed by atoms with Gasteiger partial charge in [0.25, 0.3) is 5.91 Å². The van der Waals surface area contributed by atoms with Gasteiger partial charge < -0.3 is 11.1 Å². The van der Waals surface area contributed by atoms with E-state index in [0.29, 0.717) is 12.1 Å². The fourth-order valence-corrected chi connectivity index (χ4v) is 1.96. The molecule has 0 saturated heterocycles. The highest BCUT2D eigenvalue weighted by molar-refractivity contribution is 6.06. The van der Waals surface area contributed by atoms with Crippen molar-refractivity contribution in [2.45, 2.75) is 26.3 Å². The van der Waals surface area contributed by atoms with Crippen molar-refractivity contribution in [3.63, 3.8) is 0 Å². The number of fused-ring (bicyclic) bond motifs is 1. The zero-order valence-electron chi connectivity index (χ0n) is 11.3. The zero-order chi connectivity index (χ0) is 13.8. The van der Waals surface area contributed by atoms with Gasteiger partial charge in [0.2, 0.25) is 0 Å². The van der Waals surface area contributed by atoms with Gasteiger partial charge >= 0.3 is 0 Å². The van der Waals surface area contributed by atoms with Crippen molar-refractivity contribution >= 4 is 16.8 Å². The van der Waals surface area contributed by atoms with E-state index in [4.69, 9.17) is 5.73 Å². The minimum atomic E-state index is -0.0920. The van der Waals surface area contributed by atoms with Crippen LogP contribution in [-0.4, -0.2) is 23.5 Å². The Morgan fingerprint density at radius 3 is 2.89 bits per heavy atom. The molecule has 0 radical (unpaired) electrons. The molecule has 1 atom stereocenters. The minimum Gasteiger partial charge on any atom is -0.350 e. The lowest BCUT2D eigenvalue weighted by molar-refractivity contribution is 0.0952. The molecule has 0 fully saturated rings. The molecule has 1 aromatic heterocycles. The van der Waals surface area contributed by atoms with Crippen LogP contribution in [0.1, 0.15) is 29.4 Å². The molecule has 1 aromatic carbocycles. The van der Waals surface area contributed by atoms with Crippen LogP contribution in [0.15, 0.2) is 30.3 Å². The van der Waals surface area contributed by atoms with Gasteiger partial charge in [0.05, 0.1) is 11.1 Å². The molecule has 100 valence electrons. The summed E-state index contributed by atoms with van der Waals surface area (Å²) in [6, 6.07) is 9.47. The number of nitrogens with one attached hydrogen (secondary N) is 1. The number of carbonyl (C=O) groups is 1. The molecule has 19 heavy (non-hydrogen) atoms. The second-order valence-corrected chi connectivity index (χ2v) is 4.71. The highest BCUT2D eigenvalue weighted by atomic mass is 16.1. The lowest BCUT2D eigenvalue weighted by Gasteiger charge is -2.12. The Balaban J connectivity index is 2.31. The van der Waals surface area contributed by atoms with Gasteiger partial charge in [-0.3, -0.25) is 9.78 Å². The van der Waals surface area contributed by atoms with E-state index < -0.39 is 0 Å². The summed E-state index contributed by atoms with van der Waals surface area (Å²) in [7, 11) is 0. The number of rotatable bonds is 4. The van der Waals surface area contributed by atoms with Gasteiger partial charge in [0.15, 0.2) is 0 Å². The Hall–Kier alpha value is -1.94. The number of aromatic nitrogens is 1. The SMILES string of the molecule is CCC(N)CNC(=O)c1cc(C)nc2ccccc12. The predicted molar refractivity (Wildman–Crippen MR) is 77.1 cm³/mol. The van der Waals surface area contributed by atoms with E-state index in [2.05, 4.69) is 10.3 Å². The van der Waals surface area contributed by atoms with Crippen molar-refractivity contribution in [3.05, 3.63) is 41.6 Å². The van der Waals surface area contributed by atoms with Crippen LogP contribution in [0.5, 0.6) is 0 Å². The second kappa shape index (κ2) is 5.80. The van der Waals surface area contributed by atoms with Gasteiger partial charge in [0, 0.05) is 23.7 Å². The molecule has 0 saturated carbocycles. The van der Waals surface area contributed by atoms with Crippen LogP contribution in [-0.2, 0) is 0 Å². The lowest BCUT2D eigenvalue weighted by Crippen LogP contribution is -2.36. The van der Waals surface area contributed by atoms with Crippen molar-refractivity contribution in [1.29, 1.82) is 0 Å². The highest BCUT2D eigenvalue weighted by Gasteiger charge is 2.12. The van der Waals surface area contributed by atoms with E-state index in [9.17, 15) is 4.79 Å². The Bertz CT molecular complexity index is 595. The number of nitrogens with zero attached hydrogens (tertiary/aromatic N) is 1. The maximum atomic E-state index is 12.2. The van der Waals surface area contributed by atoms with E-state index in [-0.39, 0.29) is 11.9 Å². The van der Waals surface area contributed by atoms with E-state index in [1.54, 1.807) is 0 Å². The number of benzene rings is 1. The number of nitrogens with two attached hydrogens (primary N) is 1. The summed E-state index contributed by atoms with van der Waals surface area (Å²) in [5, 5.41) is 3.75. The molecule has 0 aliphatic heterocycles. The van der Waals surface area contributed by atoms with E-state index in [1.807, 2.05) is 44.2 Å². The molecule has 0 spiro atoms. The number of pyridine rings is 1. The molecular weight excluding hydrogens is 238 g/mol. The predicted octanol–water partition coefficient (Wildman–Crippen LogP) is 2.01. The first-order chi connectivity index (χ1) is 9.11. The average Bonchev–Trinajstić information content (AvgIpc) is 2.43. The second-order valence-electron chi connectivity index (χ2n) is 4.71. The summed E-state index contributed by atoms with van der Waals surface area (Å²) in [5.41, 5.74) is 8.15. The van der Waals surface area contributed by atoms with Gasteiger partial charge in [-0.25, -0.2) is 0 Å². The summed E-state index contributed by atoms with van der Waals surface area (Å²) >= 11 is 0. The Labute approximate surface area is 113 Å². The fraction of sp³-hybridized carbons (Fsp3) is 0.333. The standard InChI is InChI=1S/C15H19N3O/c1-3-11(16)9-17-15(19)13-8-10(2)18-14-7-5-4-6-12(13)14/h4-8,11H,3,9,16H2,1-2H3,(H,17,19). The summed E-state index contributed by atoms with van der Waals surface area (Å²) in [5.74, 6) is -0.0920. The molecule has 0 aliphatic rings. The Morgan fingerprint density at radius 2 is 2.16 bits per heavy atom. The van der Waals surface area contributed by atoms with Crippen molar-refractivity contribution < 1.29 is 4.79 Å².